The number of nitrogens with one attached hydrogen (secondary N) is 2. The van der Waals surface area contributed by atoms with E-state index in [1.165, 1.54) is 50.2 Å². The predicted octanol–water partition coefficient (Wildman–Crippen LogP) is 2.36. The maximum absolute atomic E-state index is 11.6. The van der Waals surface area contributed by atoms with Gasteiger partial charge in [0.2, 0.25) is 11.8 Å². The van der Waals surface area contributed by atoms with Gasteiger partial charge in [0.1, 0.15) is 35.1 Å². The van der Waals surface area contributed by atoms with Crippen molar-refractivity contribution in [1.82, 2.24) is 10.6 Å². The molecule has 0 aromatic heterocycles. The molecule has 8 N–H and O–H groups in total. The van der Waals surface area contributed by atoms with Crippen LogP contribution in [0.1, 0.15) is 63.5 Å². The van der Waals surface area contributed by atoms with Crippen LogP contribution in [0.25, 0.3) is 0 Å². The van der Waals surface area contributed by atoms with Crippen molar-refractivity contribution in [3.63, 3.8) is 0 Å². The van der Waals surface area contributed by atoms with E-state index in [1.54, 1.807) is 13.8 Å². The number of rotatable bonds is 10. The van der Waals surface area contributed by atoms with Crippen LogP contribution in [0.3, 0.4) is 0 Å². The van der Waals surface area contributed by atoms with Crippen LogP contribution in [0, 0.1) is 0 Å². The van der Waals surface area contributed by atoms with E-state index < -0.39 is 35.8 Å². The van der Waals surface area contributed by atoms with Crippen LogP contribution in [0.2, 0.25) is 0 Å². The number of carbonyl (C=O) groups excluding carboxylic acids is 2. The molecule has 2 aromatic rings. The molecule has 0 saturated carbocycles. The van der Waals surface area contributed by atoms with E-state index in [-0.39, 0.29) is 47.7 Å². The molecule has 0 heterocycles. The Morgan fingerprint density at radius 1 is 0.632 bits per heavy atom. The fraction of sp³-hybridized carbons (Fsp3) is 0.385. The summed E-state index contributed by atoms with van der Waals surface area (Å²) in [6, 6.07) is 6.40. The minimum atomic E-state index is -1.10. The number of carboxylic acid groups (broad SMARTS) is 2. The van der Waals surface area contributed by atoms with Crippen molar-refractivity contribution in [2.75, 3.05) is 0 Å². The maximum Gasteiger partial charge on any atom is 0.325 e. The minimum Gasteiger partial charge on any atom is -0.508 e. The third-order valence-electron chi connectivity index (χ3n) is 5.57. The Bertz CT molecular complexity index is 1060. The van der Waals surface area contributed by atoms with E-state index >= 15 is 0 Å². The maximum atomic E-state index is 11.6. The highest BCUT2D eigenvalue weighted by Gasteiger charge is 2.20. The van der Waals surface area contributed by atoms with Crippen LogP contribution in [0.15, 0.2) is 36.4 Å². The van der Waals surface area contributed by atoms with Gasteiger partial charge < -0.3 is 41.3 Å². The normalized spacial score (nSPS) is 13.6. The fourth-order valence-corrected chi connectivity index (χ4v) is 3.40. The van der Waals surface area contributed by atoms with Crippen LogP contribution in [0.4, 0.5) is 0 Å². The Kier molecular flexibility index (Phi) is 11.9. The van der Waals surface area contributed by atoms with Crippen LogP contribution >= 0.6 is 0 Å². The molecule has 0 aliphatic rings. The van der Waals surface area contributed by atoms with E-state index in [4.69, 9.17) is 10.2 Å². The molecule has 0 aliphatic carbocycles. The molecule has 0 aliphatic heterocycles. The smallest absolute Gasteiger partial charge is 0.325 e. The second kappa shape index (κ2) is 14.3. The zero-order valence-corrected chi connectivity index (χ0v) is 21.5. The Hall–Kier alpha value is -4.48. The van der Waals surface area contributed by atoms with Gasteiger partial charge in [-0.1, -0.05) is 26.0 Å². The van der Waals surface area contributed by atoms with E-state index in [2.05, 4.69) is 10.6 Å². The van der Waals surface area contributed by atoms with Gasteiger partial charge in [-0.15, -0.1) is 0 Å². The van der Waals surface area contributed by atoms with E-state index in [9.17, 15) is 39.6 Å². The standard InChI is InChI=1S/2C13H17NO5/c2*1-7(5-12(17)14-8(2)13(18)19)10-4-3-9(15)6-11(10)16/h2*3-4,6-8,15-16H,5H2,1-2H3,(H,14,17)(H,18,19)/t2*7?,8-/m10/s1. The molecule has 38 heavy (non-hydrogen) atoms. The lowest BCUT2D eigenvalue weighted by Crippen LogP contribution is -2.38. The highest BCUT2D eigenvalue weighted by atomic mass is 16.4. The van der Waals surface area contributed by atoms with Crippen molar-refractivity contribution < 1.29 is 49.8 Å². The number of aliphatic carboxylic acids is 2. The molecule has 2 amide bonds. The first-order chi connectivity index (χ1) is 17.6. The van der Waals surface area contributed by atoms with Crippen LogP contribution in [-0.4, -0.2) is 66.5 Å². The lowest BCUT2D eigenvalue weighted by molar-refractivity contribution is -0.141. The second-order valence-electron chi connectivity index (χ2n) is 8.95. The van der Waals surface area contributed by atoms with Crippen LogP contribution in [0.5, 0.6) is 23.0 Å². The van der Waals surface area contributed by atoms with Gasteiger partial charge in [0.15, 0.2) is 0 Å². The number of hydrogen-bond donors (Lipinski definition) is 8. The lowest BCUT2D eigenvalue weighted by atomic mass is 9.96. The van der Waals surface area contributed by atoms with Gasteiger partial charge in [-0.05, 0) is 48.9 Å². The molecule has 4 atom stereocenters. The van der Waals surface area contributed by atoms with Crippen molar-refractivity contribution in [1.29, 1.82) is 0 Å². The first kappa shape index (κ1) is 31.5. The molecule has 0 spiro atoms. The summed E-state index contributed by atoms with van der Waals surface area (Å²) < 4.78 is 0. The van der Waals surface area contributed by atoms with Gasteiger partial charge in [0.25, 0.3) is 0 Å². The number of phenolic OH excluding ortho intramolecular Hbond substituents is 4. The molecule has 0 saturated heterocycles. The zero-order valence-electron chi connectivity index (χ0n) is 21.5. The molecule has 0 bridgehead atoms. The summed E-state index contributed by atoms with van der Waals surface area (Å²) >= 11 is 0. The average molecular weight is 535 g/mol. The van der Waals surface area contributed by atoms with Crippen molar-refractivity contribution in [3.05, 3.63) is 47.5 Å². The minimum absolute atomic E-state index is 0.0515. The molecule has 2 rings (SSSR count). The van der Waals surface area contributed by atoms with Gasteiger partial charge in [0, 0.05) is 25.0 Å². The average Bonchev–Trinajstić information content (AvgIpc) is 2.78. The van der Waals surface area contributed by atoms with Gasteiger partial charge in [-0.3, -0.25) is 19.2 Å². The van der Waals surface area contributed by atoms with Crippen molar-refractivity contribution in [2.45, 2.75) is 64.5 Å². The van der Waals surface area contributed by atoms with Gasteiger partial charge in [0.05, 0.1) is 0 Å². The molecular weight excluding hydrogens is 500 g/mol. The zero-order chi connectivity index (χ0) is 29.2. The summed E-state index contributed by atoms with van der Waals surface area (Å²) in [6.45, 7) is 6.22. The molecule has 2 aromatic carbocycles. The predicted molar refractivity (Wildman–Crippen MR) is 136 cm³/mol. The highest BCUT2D eigenvalue weighted by Crippen LogP contribution is 2.31. The van der Waals surface area contributed by atoms with Crippen molar-refractivity contribution in [2.24, 2.45) is 0 Å². The fourth-order valence-electron chi connectivity index (χ4n) is 3.40. The lowest BCUT2D eigenvalue weighted by Gasteiger charge is -2.15. The second-order valence-corrected chi connectivity index (χ2v) is 8.95. The van der Waals surface area contributed by atoms with Crippen molar-refractivity contribution >= 4 is 23.8 Å². The topological polar surface area (TPSA) is 214 Å². The molecule has 12 nitrogen and oxygen atoms in total. The molecule has 0 radical (unpaired) electrons. The molecule has 12 heteroatoms. The van der Waals surface area contributed by atoms with E-state index in [1.807, 2.05) is 0 Å². The van der Waals surface area contributed by atoms with Crippen LogP contribution < -0.4 is 10.6 Å². The number of carboxylic acids is 2. The number of aromatic hydroxyl groups is 4. The number of hydrogen-bond acceptors (Lipinski definition) is 8. The van der Waals surface area contributed by atoms with E-state index in [0.717, 1.165) is 0 Å². The molecule has 2 unspecified atom stereocenters. The van der Waals surface area contributed by atoms with Crippen LogP contribution in [-0.2, 0) is 19.2 Å². The SMILES string of the molecule is CC(CC(=O)N[C@@H](C)C(=O)O)c1ccc(O)cc1O.CC(CC(=O)N[C@H](C)C(=O)O)c1ccc(O)cc1O. The quantitative estimate of drug-likeness (QED) is 0.223. The summed E-state index contributed by atoms with van der Waals surface area (Å²) in [6.07, 6.45) is 0.103. The monoisotopic (exact) mass is 534 g/mol. The Morgan fingerprint density at radius 2 is 0.947 bits per heavy atom. The van der Waals surface area contributed by atoms with Gasteiger partial charge in [-0.25, -0.2) is 0 Å². The summed E-state index contributed by atoms with van der Waals surface area (Å²) in [4.78, 5) is 44.4. The van der Waals surface area contributed by atoms with Gasteiger partial charge >= 0.3 is 11.9 Å². The summed E-state index contributed by atoms with van der Waals surface area (Å²) in [7, 11) is 0. The highest BCUT2D eigenvalue weighted by molar-refractivity contribution is 5.84. The number of amides is 2. The van der Waals surface area contributed by atoms with E-state index in [0.29, 0.717) is 11.1 Å². The largest absolute Gasteiger partial charge is 0.508 e. The van der Waals surface area contributed by atoms with Crippen molar-refractivity contribution in [3.8, 4) is 23.0 Å². The number of carbonyl (C=O) groups is 4. The third kappa shape index (κ3) is 10.2. The third-order valence-corrected chi connectivity index (χ3v) is 5.57. The number of phenols is 4. The Balaban J connectivity index is 0.000000380. The first-order valence-electron chi connectivity index (χ1n) is 11.7. The molecule has 208 valence electrons. The Labute approximate surface area is 219 Å². The summed E-state index contributed by atoms with van der Waals surface area (Å²) in [5.74, 6) is -3.90. The summed E-state index contributed by atoms with van der Waals surface area (Å²) in [5.41, 5.74) is 1.05. The first-order valence-corrected chi connectivity index (χ1v) is 11.7. The number of benzene rings is 2. The molecule has 0 fully saturated rings. The summed E-state index contributed by atoms with van der Waals surface area (Å²) in [5, 5.41) is 59.7. The molecular formula is C26H34N2O10. The Morgan fingerprint density at radius 3 is 1.21 bits per heavy atom. The van der Waals surface area contributed by atoms with Gasteiger partial charge in [-0.2, -0.15) is 0 Å².